The van der Waals surface area contributed by atoms with Crippen molar-refractivity contribution in [3.63, 3.8) is 0 Å². The molecular weight excluding hydrogens is 474 g/mol. The van der Waals surface area contributed by atoms with E-state index >= 15 is 0 Å². The fraction of sp³-hybridized carbons (Fsp3) is 0.478. The van der Waals surface area contributed by atoms with Gasteiger partial charge in [0.05, 0.1) is 12.1 Å². The molecule has 0 fully saturated rings. The molecule has 0 radical (unpaired) electrons. The average Bonchev–Trinajstić information content (AvgIpc) is 3.22. The summed E-state index contributed by atoms with van der Waals surface area (Å²) in [6, 6.07) is 2.85. The van der Waals surface area contributed by atoms with Gasteiger partial charge in [0.25, 0.3) is 0 Å². The standard InChI is InChI=1S/C23H33N5O6S/c1-12(26-22(32)19(13(2)29)28-21(31)16(24)8-9-35-3)20(30)27-18(23(33)34)10-14-11-25-17-7-5-4-6-15(14)17/h4-7,11-13,16,18-19,25,29H,8-10,24H2,1-3H3,(H,26,32)(H,27,30)(H,28,31)(H,33,34). The number of benzene rings is 1. The van der Waals surface area contributed by atoms with Gasteiger partial charge in [-0.05, 0) is 43.9 Å². The predicted octanol–water partition coefficient (Wildman–Crippen LogP) is -0.269. The highest BCUT2D eigenvalue weighted by molar-refractivity contribution is 7.98. The Hall–Kier alpha value is -3.09. The van der Waals surface area contributed by atoms with Crippen LogP contribution in [0.15, 0.2) is 30.5 Å². The van der Waals surface area contributed by atoms with E-state index in [1.54, 1.807) is 6.20 Å². The molecule has 0 aliphatic rings. The van der Waals surface area contributed by atoms with Crippen LogP contribution in [0.2, 0.25) is 0 Å². The molecular formula is C23H33N5O6S. The van der Waals surface area contributed by atoms with Crippen LogP contribution in [-0.2, 0) is 25.6 Å². The first-order valence-electron chi connectivity index (χ1n) is 11.2. The molecule has 5 unspecified atom stereocenters. The molecule has 2 aromatic rings. The number of amides is 3. The van der Waals surface area contributed by atoms with Gasteiger partial charge in [-0.3, -0.25) is 14.4 Å². The number of aliphatic hydroxyl groups excluding tert-OH is 1. The quantitative estimate of drug-likeness (QED) is 0.193. The summed E-state index contributed by atoms with van der Waals surface area (Å²) in [6.45, 7) is 2.70. The van der Waals surface area contributed by atoms with Gasteiger partial charge in [-0.1, -0.05) is 18.2 Å². The van der Waals surface area contributed by atoms with E-state index in [-0.39, 0.29) is 6.42 Å². The lowest BCUT2D eigenvalue weighted by molar-refractivity contribution is -0.142. The second-order valence-electron chi connectivity index (χ2n) is 8.31. The van der Waals surface area contributed by atoms with Gasteiger partial charge in [-0.2, -0.15) is 11.8 Å². The van der Waals surface area contributed by atoms with Crippen LogP contribution >= 0.6 is 11.8 Å². The summed E-state index contributed by atoms with van der Waals surface area (Å²) in [5, 5.41) is 27.7. The highest BCUT2D eigenvalue weighted by Crippen LogP contribution is 2.19. The van der Waals surface area contributed by atoms with Gasteiger partial charge in [0.1, 0.15) is 18.1 Å². The Morgan fingerprint density at radius 3 is 2.37 bits per heavy atom. The molecule has 0 aliphatic carbocycles. The van der Waals surface area contributed by atoms with Crippen molar-refractivity contribution in [1.82, 2.24) is 20.9 Å². The third-order valence-corrected chi connectivity index (χ3v) is 6.14. The van der Waals surface area contributed by atoms with E-state index in [0.29, 0.717) is 12.2 Å². The van der Waals surface area contributed by atoms with E-state index in [1.807, 2.05) is 30.5 Å². The van der Waals surface area contributed by atoms with Gasteiger partial charge in [0.2, 0.25) is 17.7 Å². The van der Waals surface area contributed by atoms with Crippen LogP contribution in [0.25, 0.3) is 10.9 Å². The van der Waals surface area contributed by atoms with E-state index < -0.39 is 54.0 Å². The number of aromatic nitrogens is 1. The van der Waals surface area contributed by atoms with E-state index in [0.717, 1.165) is 16.5 Å². The van der Waals surface area contributed by atoms with Crippen molar-refractivity contribution in [3.8, 4) is 0 Å². The molecule has 0 saturated heterocycles. The van der Waals surface area contributed by atoms with Gasteiger partial charge in [-0.25, -0.2) is 4.79 Å². The van der Waals surface area contributed by atoms with Crippen LogP contribution in [0.3, 0.4) is 0 Å². The maximum Gasteiger partial charge on any atom is 0.326 e. The van der Waals surface area contributed by atoms with Crippen molar-refractivity contribution in [3.05, 3.63) is 36.0 Å². The molecule has 35 heavy (non-hydrogen) atoms. The maximum atomic E-state index is 12.7. The molecule has 1 aromatic carbocycles. The zero-order valence-electron chi connectivity index (χ0n) is 19.9. The number of carboxylic acids is 1. The molecule has 12 heteroatoms. The number of thioether (sulfide) groups is 1. The fourth-order valence-electron chi connectivity index (χ4n) is 3.43. The number of aromatic amines is 1. The topological polar surface area (TPSA) is 187 Å². The molecule has 3 amide bonds. The summed E-state index contributed by atoms with van der Waals surface area (Å²) in [5.74, 6) is -2.69. The normalized spacial score (nSPS) is 15.5. The second-order valence-corrected chi connectivity index (χ2v) is 9.29. The van der Waals surface area contributed by atoms with Gasteiger partial charge in [0.15, 0.2) is 0 Å². The fourth-order valence-corrected chi connectivity index (χ4v) is 3.92. The van der Waals surface area contributed by atoms with Crippen LogP contribution in [0.4, 0.5) is 0 Å². The zero-order chi connectivity index (χ0) is 26.1. The molecule has 0 spiro atoms. The minimum Gasteiger partial charge on any atom is -0.480 e. The SMILES string of the molecule is CSCCC(N)C(=O)NC(C(=O)NC(C)C(=O)NC(Cc1c[nH]c2ccccc12)C(=O)O)C(C)O. The van der Waals surface area contributed by atoms with Crippen molar-refractivity contribution in [2.24, 2.45) is 5.73 Å². The second kappa shape index (κ2) is 13.1. The number of aliphatic hydroxyl groups is 1. The molecule has 5 atom stereocenters. The molecule has 0 saturated carbocycles. The van der Waals surface area contributed by atoms with Crippen LogP contribution in [0.5, 0.6) is 0 Å². The zero-order valence-corrected chi connectivity index (χ0v) is 20.7. The minimum atomic E-state index is -1.33. The monoisotopic (exact) mass is 507 g/mol. The molecule has 11 nitrogen and oxygen atoms in total. The lowest BCUT2D eigenvalue weighted by Crippen LogP contribution is -2.59. The van der Waals surface area contributed by atoms with Crippen molar-refractivity contribution < 1.29 is 29.4 Å². The number of nitrogens with two attached hydrogens (primary N) is 1. The Bertz CT molecular complexity index is 1040. The lowest BCUT2D eigenvalue weighted by Gasteiger charge is -2.25. The Kier molecular flexibility index (Phi) is 10.6. The number of nitrogens with one attached hydrogen (secondary N) is 4. The van der Waals surface area contributed by atoms with Crippen LogP contribution < -0.4 is 21.7 Å². The Balaban J connectivity index is 2.00. The molecule has 1 heterocycles. The van der Waals surface area contributed by atoms with E-state index in [1.165, 1.54) is 25.6 Å². The van der Waals surface area contributed by atoms with Crippen molar-refractivity contribution >= 4 is 46.4 Å². The number of carbonyl (C=O) groups is 4. The number of hydrogen-bond acceptors (Lipinski definition) is 7. The third-order valence-electron chi connectivity index (χ3n) is 5.50. The Morgan fingerprint density at radius 2 is 1.74 bits per heavy atom. The summed E-state index contributed by atoms with van der Waals surface area (Å²) < 4.78 is 0. The summed E-state index contributed by atoms with van der Waals surface area (Å²) >= 11 is 1.52. The number of rotatable bonds is 13. The largest absolute Gasteiger partial charge is 0.480 e. The van der Waals surface area contributed by atoms with Crippen molar-refractivity contribution in [2.45, 2.75) is 57.0 Å². The number of aliphatic carboxylic acids is 1. The Morgan fingerprint density at radius 1 is 1.06 bits per heavy atom. The number of hydrogen-bond donors (Lipinski definition) is 7. The number of carbonyl (C=O) groups excluding carboxylic acids is 3. The highest BCUT2D eigenvalue weighted by atomic mass is 32.2. The average molecular weight is 508 g/mol. The molecule has 0 aliphatic heterocycles. The Labute approximate surface area is 207 Å². The highest BCUT2D eigenvalue weighted by Gasteiger charge is 2.31. The number of H-pyrrole nitrogens is 1. The van der Waals surface area contributed by atoms with Crippen LogP contribution in [0.1, 0.15) is 25.8 Å². The summed E-state index contributed by atoms with van der Waals surface area (Å²) in [7, 11) is 0. The minimum absolute atomic E-state index is 0.0338. The van der Waals surface area contributed by atoms with Crippen molar-refractivity contribution in [1.29, 1.82) is 0 Å². The summed E-state index contributed by atoms with van der Waals surface area (Å²) in [4.78, 5) is 52.4. The number of para-hydroxylation sites is 1. The smallest absolute Gasteiger partial charge is 0.326 e. The van der Waals surface area contributed by atoms with E-state index in [9.17, 15) is 29.4 Å². The van der Waals surface area contributed by atoms with E-state index in [2.05, 4.69) is 20.9 Å². The summed E-state index contributed by atoms with van der Waals surface area (Å²) in [6.07, 6.45) is 2.74. The molecule has 1 aromatic heterocycles. The van der Waals surface area contributed by atoms with Gasteiger partial charge in [-0.15, -0.1) is 0 Å². The molecule has 192 valence electrons. The first kappa shape index (κ1) is 28.1. The lowest BCUT2D eigenvalue weighted by atomic mass is 10.0. The number of fused-ring (bicyclic) bond motifs is 1. The number of carboxylic acid groups (broad SMARTS) is 1. The molecule has 8 N–H and O–H groups in total. The van der Waals surface area contributed by atoms with Crippen LogP contribution in [-0.4, -0.2) is 81.2 Å². The van der Waals surface area contributed by atoms with Crippen molar-refractivity contribution in [2.75, 3.05) is 12.0 Å². The first-order chi connectivity index (χ1) is 16.5. The van der Waals surface area contributed by atoms with Crippen LogP contribution in [0, 0.1) is 0 Å². The van der Waals surface area contributed by atoms with Gasteiger partial charge in [0, 0.05) is 23.5 Å². The first-order valence-corrected chi connectivity index (χ1v) is 12.6. The predicted molar refractivity (Wildman–Crippen MR) is 134 cm³/mol. The van der Waals surface area contributed by atoms with Gasteiger partial charge >= 0.3 is 5.97 Å². The summed E-state index contributed by atoms with van der Waals surface area (Å²) in [5.41, 5.74) is 7.38. The van der Waals surface area contributed by atoms with E-state index in [4.69, 9.17) is 5.73 Å². The molecule has 2 rings (SSSR count). The molecule has 0 bridgehead atoms. The third kappa shape index (κ3) is 7.98. The maximum absolute atomic E-state index is 12.7. The van der Waals surface area contributed by atoms with Gasteiger partial charge < -0.3 is 36.9 Å².